The SMILES string of the molecule is CC(F)C(F)(F)C([O])=O. The fourth-order valence-electron chi connectivity index (χ4n) is 0.162. The molecule has 0 aliphatic carbocycles. The van der Waals surface area contributed by atoms with E-state index in [-0.39, 0.29) is 0 Å². The van der Waals surface area contributed by atoms with Crippen molar-refractivity contribution in [2.24, 2.45) is 0 Å². The highest BCUT2D eigenvalue weighted by Crippen LogP contribution is 2.20. The Morgan fingerprint density at radius 2 is 1.89 bits per heavy atom. The molecule has 0 rings (SSSR count). The van der Waals surface area contributed by atoms with E-state index in [4.69, 9.17) is 0 Å². The van der Waals surface area contributed by atoms with Crippen LogP contribution in [0.15, 0.2) is 0 Å². The summed E-state index contributed by atoms with van der Waals surface area (Å²) in [4.78, 5) is 9.36. The summed E-state index contributed by atoms with van der Waals surface area (Å²) < 4.78 is 34.8. The van der Waals surface area contributed by atoms with Crippen molar-refractivity contribution in [3.05, 3.63) is 0 Å². The van der Waals surface area contributed by atoms with Crippen LogP contribution < -0.4 is 0 Å². The normalized spacial score (nSPS) is 15.1. The van der Waals surface area contributed by atoms with E-state index in [0.717, 1.165) is 0 Å². The van der Waals surface area contributed by atoms with Gasteiger partial charge in [-0.3, -0.25) is 0 Å². The van der Waals surface area contributed by atoms with Gasteiger partial charge < -0.3 is 0 Å². The molecule has 5 heteroatoms. The van der Waals surface area contributed by atoms with E-state index in [1.54, 1.807) is 0 Å². The zero-order chi connectivity index (χ0) is 7.65. The fraction of sp³-hybridized carbons (Fsp3) is 0.750. The van der Waals surface area contributed by atoms with Crippen LogP contribution in [-0.4, -0.2) is 18.1 Å². The summed E-state index contributed by atoms with van der Waals surface area (Å²) in [5.41, 5.74) is 0. The third-order valence-electron chi connectivity index (χ3n) is 0.772. The Balaban J connectivity index is 4.19. The summed E-state index contributed by atoms with van der Waals surface area (Å²) in [6, 6.07) is 0. The molecule has 0 aromatic heterocycles. The Hall–Kier alpha value is -0.740. The average Bonchev–Trinajstić information content (AvgIpc) is 1.65. The predicted octanol–water partition coefficient (Wildman–Crippen LogP) is 0.937. The third kappa shape index (κ3) is 1.58. The van der Waals surface area contributed by atoms with Crippen LogP contribution in [0.4, 0.5) is 13.2 Å². The quantitative estimate of drug-likeness (QED) is 0.563. The van der Waals surface area contributed by atoms with Gasteiger partial charge in [0.25, 0.3) is 0 Å². The Kier molecular flexibility index (Phi) is 2.06. The minimum Gasteiger partial charge on any atom is -0.240 e. The van der Waals surface area contributed by atoms with Crippen molar-refractivity contribution in [2.45, 2.75) is 19.0 Å². The summed E-state index contributed by atoms with van der Waals surface area (Å²) in [7, 11) is 0. The van der Waals surface area contributed by atoms with Gasteiger partial charge in [-0.2, -0.15) is 8.78 Å². The van der Waals surface area contributed by atoms with Gasteiger partial charge in [0.2, 0.25) is 0 Å². The highest BCUT2D eigenvalue weighted by Gasteiger charge is 2.47. The number of rotatable bonds is 2. The maximum atomic E-state index is 11.6. The van der Waals surface area contributed by atoms with Crippen LogP contribution in [0.2, 0.25) is 0 Å². The molecule has 1 unspecified atom stereocenters. The molecule has 0 saturated carbocycles. The van der Waals surface area contributed by atoms with Gasteiger partial charge in [-0.05, 0) is 6.92 Å². The summed E-state index contributed by atoms with van der Waals surface area (Å²) in [6.07, 6.45) is -2.71. The molecule has 2 nitrogen and oxygen atoms in total. The number of carbonyl (C=O) groups is 1. The molecule has 0 aliphatic rings. The molecule has 0 aromatic rings. The number of halogens is 3. The first-order valence-corrected chi connectivity index (χ1v) is 2.12. The first-order chi connectivity index (χ1) is 3.89. The fourth-order valence-corrected chi connectivity index (χ4v) is 0.162. The molecule has 9 heavy (non-hydrogen) atoms. The van der Waals surface area contributed by atoms with Crippen LogP contribution in [0.25, 0.3) is 0 Å². The van der Waals surface area contributed by atoms with Crippen molar-refractivity contribution < 1.29 is 23.1 Å². The minimum atomic E-state index is -4.36. The minimum absolute atomic E-state index is 0.454. The van der Waals surface area contributed by atoms with Crippen molar-refractivity contribution in [1.29, 1.82) is 0 Å². The van der Waals surface area contributed by atoms with Gasteiger partial charge >= 0.3 is 11.9 Å². The Labute approximate surface area is 49.3 Å². The second-order valence-electron chi connectivity index (χ2n) is 1.53. The smallest absolute Gasteiger partial charge is 0.240 e. The van der Waals surface area contributed by atoms with Crippen molar-refractivity contribution in [3.63, 3.8) is 0 Å². The highest BCUT2D eigenvalue weighted by molar-refractivity contribution is 5.75. The molecule has 53 valence electrons. The molecule has 0 amide bonds. The lowest BCUT2D eigenvalue weighted by Gasteiger charge is -2.08. The average molecular weight is 141 g/mol. The van der Waals surface area contributed by atoms with Crippen LogP contribution >= 0.6 is 0 Å². The van der Waals surface area contributed by atoms with Crippen molar-refractivity contribution in [3.8, 4) is 0 Å². The number of hydrogen-bond donors (Lipinski definition) is 0. The third-order valence-corrected chi connectivity index (χ3v) is 0.772. The standard InChI is InChI=1S/C4H4F3O2/c1-2(5)4(6,7)3(8)9/h2H,1H3. The number of hydrogen-bond acceptors (Lipinski definition) is 1. The van der Waals surface area contributed by atoms with Gasteiger partial charge in [0.15, 0.2) is 6.17 Å². The van der Waals surface area contributed by atoms with Crippen LogP contribution in [0.1, 0.15) is 6.92 Å². The molecule has 1 atom stereocenters. The zero-order valence-corrected chi connectivity index (χ0v) is 4.53. The lowest BCUT2D eigenvalue weighted by Crippen LogP contribution is -2.36. The topological polar surface area (TPSA) is 37.0 Å². The lowest BCUT2D eigenvalue weighted by atomic mass is 10.2. The summed E-state index contributed by atoms with van der Waals surface area (Å²) >= 11 is 0. The molecule has 0 fully saturated rings. The Morgan fingerprint density at radius 3 is 1.89 bits per heavy atom. The van der Waals surface area contributed by atoms with Crippen molar-refractivity contribution >= 4 is 5.97 Å². The Bertz CT molecular complexity index is 121. The van der Waals surface area contributed by atoms with Crippen molar-refractivity contribution in [1.82, 2.24) is 0 Å². The molecule has 0 bridgehead atoms. The zero-order valence-electron chi connectivity index (χ0n) is 4.53. The molecule has 0 aliphatic heterocycles. The maximum Gasteiger partial charge on any atom is 0.427 e. The predicted molar refractivity (Wildman–Crippen MR) is 21.2 cm³/mol. The van der Waals surface area contributed by atoms with Gasteiger partial charge in [0, 0.05) is 0 Å². The monoisotopic (exact) mass is 141 g/mol. The lowest BCUT2D eigenvalue weighted by molar-refractivity contribution is -0.180. The maximum absolute atomic E-state index is 11.6. The second-order valence-corrected chi connectivity index (χ2v) is 1.53. The van der Waals surface area contributed by atoms with Gasteiger partial charge in [-0.1, -0.05) is 0 Å². The van der Waals surface area contributed by atoms with Crippen LogP contribution in [-0.2, 0) is 9.90 Å². The van der Waals surface area contributed by atoms with E-state index >= 15 is 0 Å². The van der Waals surface area contributed by atoms with Gasteiger partial charge in [-0.25, -0.2) is 14.3 Å². The molecule has 0 aromatic carbocycles. The molecule has 0 N–H and O–H groups in total. The van der Waals surface area contributed by atoms with Gasteiger partial charge in [-0.15, -0.1) is 0 Å². The first kappa shape index (κ1) is 8.26. The molecule has 0 saturated heterocycles. The number of alkyl halides is 3. The Morgan fingerprint density at radius 1 is 1.56 bits per heavy atom. The van der Waals surface area contributed by atoms with Crippen molar-refractivity contribution in [2.75, 3.05) is 0 Å². The van der Waals surface area contributed by atoms with E-state index in [9.17, 15) is 23.1 Å². The van der Waals surface area contributed by atoms with E-state index in [1.165, 1.54) is 0 Å². The van der Waals surface area contributed by atoms with E-state index in [1.807, 2.05) is 0 Å². The van der Waals surface area contributed by atoms with Crippen LogP contribution in [0.5, 0.6) is 0 Å². The van der Waals surface area contributed by atoms with E-state index in [0.29, 0.717) is 6.92 Å². The summed E-state index contributed by atoms with van der Waals surface area (Å²) in [5, 5.41) is 9.36. The summed E-state index contributed by atoms with van der Waals surface area (Å²) in [6.45, 7) is 0.454. The first-order valence-electron chi connectivity index (χ1n) is 2.12. The van der Waals surface area contributed by atoms with E-state index < -0.39 is 18.1 Å². The highest BCUT2D eigenvalue weighted by atomic mass is 19.3. The molecular formula is C4H4F3O2. The number of carbonyl (C=O) groups excluding carboxylic acids is 1. The largest absolute Gasteiger partial charge is 0.427 e. The van der Waals surface area contributed by atoms with Gasteiger partial charge in [0.1, 0.15) is 0 Å². The summed E-state index contributed by atoms with van der Waals surface area (Å²) in [5.74, 6) is -7.04. The van der Waals surface area contributed by atoms with Crippen LogP contribution in [0.3, 0.4) is 0 Å². The molecule has 0 heterocycles. The molecule has 1 radical (unpaired) electrons. The molecule has 0 spiro atoms. The van der Waals surface area contributed by atoms with E-state index in [2.05, 4.69) is 0 Å². The van der Waals surface area contributed by atoms with Crippen LogP contribution in [0, 0.1) is 0 Å². The second kappa shape index (κ2) is 2.24. The molecular weight excluding hydrogens is 137 g/mol. The van der Waals surface area contributed by atoms with Gasteiger partial charge in [0.05, 0.1) is 0 Å².